The first kappa shape index (κ1) is 15.7. The minimum atomic E-state index is -3.75. The maximum atomic E-state index is 11.3. The number of sulfonamides is 1. The molecule has 5 nitrogen and oxygen atoms in total. The van der Waals surface area contributed by atoms with Gasteiger partial charge in [0.05, 0.1) is 0 Å². The second-order valence-corrected chi connectivity index (χ2v) is 7.75. The Kier molecular flexibility index (Phi) is 3.95. The van der Waals surface area contributed by atoms with E-state index >= 15 is 0 Å². The summed E-state index contributed by atoms with van der Waals surface area (Å²) in [7, 11) is -3.75. The summed E-state index contributed by atoms with van der Waals surface area (Å²) in [5, 5.41) is 5.01. The highest BCUT2D eigenvalue weighted by atomic mass is 32.2. The molecule has 0 atom stereocenters. The molecule has 0 saturated heterocycles. The molecule has 0 aliphatic carbocycles. The highest BCUT2D eigenvalue weighted by Gasteiger charge is 2.15. The first-order chi connectivity index (χ1) is 9.57. The zero-order chi connectivity index (χ0) is 15.8. The van der Waals surface area contributed by atoms with Crippen LogP contribution in [0, 0.1) is 6.92 Å². The van der Waals surface area contributed by atoms with Crippen molar-refractivity contribution in [3.63, 3.8) is 0 Å². The summed E-state index contributed by atoms with van der Waals surface area (Å²) in [6.07, 6.45) is 1.47. The number of nitrogens with two attached hydrogens (primary N) is 1. The number of aromatic nitrogens is 2. The van der Waals surface area contributed by atoms with E-state index in [1.54, 1.807) is 11.5 Å². The summed E-state index contributed by atoms with van der Waals surface area (Å²) < 4.78 is 24.4. The summed E-state index contributed by atoms with van der Waals surface area (Å²) >= 11 is 0. The fourth-order valence-corrected chi connectivity index (χ4v) is 2.62. The van der Waals surface area contributed by atoms with Gasteiger partial charge >= 0.3 is 0 Å². The van der Waals surface area contributed by atoms with Crippen molar-refractivity contribution < 1.29 is 8.42 Å². The molecule has 1 aromatic heterocycles. The van der Waals surface area contributed by atoms with Gasteiger partial charge in [-0.2, -0.15) is 0 Å². The zero-order valence-electron chi connectivity index (χ0n) is 12.8. The molecule has 0 aliphatic rings. The van der Waals surface area contributed by atoms with Gasteiger partial charge in [0.1, 0.15) is 5.82 Å². The van der Waals surface area contributed by atoms with Gasteiger partial charge in [-0.15, -0.1) is 0 Å². The highest BCUT2D eigenvalue weighted by Crippen LogP contribution is 2.22. The predicted molar refractivity (Wildman–Crippen MR) is 82.6 cm³/mol. The van der Waals surface area contributed by atoms with Crippen LogP contribution in [0.25, 0.3) is 0 Å². The molecular weight excluding hydrogens is 286 g/mol. The van der Waals surface area contributed by atoms with Gasteiger partial charge in [-0.05, 0) is 23.5 Å². The zero-order valence-corrected chi connectivity index (χ0v) is 13.6. The van der Waals surface area contributed by atoms with E-state index in [9.17, 15) is 8.42 Å². The van der Waals surface area contributed by atoms with Crippen LogP contribution in [0.3, 0.4) is 0 Å². The van der Waals surface area contributed by atoms with Crippen molar-refractivity contribution in [1.29, 1.82) is 0 Å². The maximum Gasteiger partial charge on any atom is 0.257 e. The highest BCUT2D eigenvalue weighted by molar-refractivity contribution is 7.89. The van der Waals surface area contributed by atoms with Crippen molar-refractivity contribution in [3.05, 3.63) is 47.4 Å². The van der Waals surface area contributed by atoms with E-state index in [4.69, 9.17) is 5.14 Å². The molecular formula is C15H21N3O2S. The molecule has 0 unspecified atom stereocenters. The normalized spacial score (nSPS) is 12.6. The van der Waals surface area contributed by atoms with Gasteiger partial charge in [-0.3, -0.25) is 0 Å². The molecule has 0 bridgehead atoms. The van der Waals surface area contributed by atoms with Crippen LogP contribution in [-0.4, -0.2) is 18.0 Å². The van der Waals surface area contributed by atoms with E-state index in [0.29, 0.717) is 12.4 Å². The fourth-order valence-electron chi connectivity index (χ4n) is 2.08. The van der Waals surface area contributed by atoms with Gasteiger partial charge in [-0.1, -0.05) is 45.0 Å². The Balaban J connectivity index is 2.25. The Hall–Kier alpha value is -1.66. The average molecular weight is 307 g/mol. The first-order valence-electron chi connectivity index (χ1n) is 6.73. The third-order valence-electron chi connectivity index (χ3n) is 3.42. The van der Waals surface area contributed by atoms with Gasteiger partial charge in [0.25, 0.3) is 10.0 Å². The largest absolute Gasteiger partial charge is 0.329 e. The van der Waals surface area contributed by atoms with E-state index < -0.39 is 10.0 Å². The molecule has 21 heavy (non-hydrogen) atoms. The Bertz CT molecular complexity index is 738. The Morgan fingerprint density at radius 2 is 1.76 bits per heavy atom. The minimum absolute atomic E-state index is 0.0914. The molecule has 2 N–H and O–H groups in total. The van der Waals surface area contributed by atoms with Gasteiger partial charge in [0, 0.05) is 12.7 Å². The number of benzene rings is 1. The molecule has 2 aromatic rings. The molecule has 0 radical (unpaired) electrons. The van der Waals surface area contributed by atoms with Crippen LogP contribution in [0.5, 0.6) is 0 Å². The van der Waals surface area contributed by atoms with Gasteiger partial charge in [0.15, 0.2) is 5.03 Å². The molecule has 1 heterocycles. The number of nitrogens with zero attached hydrogens (tertiary/aromatic N) is 2. The van der Waals surface area contributed by atoms with E-state index in [2.05, 4.69) is 50.0 Å². The maximum absolute atomic E-state index is 11.3. The van der Waals surface area contributed by atoms with Crippen LogP contribution in [0.2, 0.25) is 0 Å². The molecule has 0 aliphatic heterocycles. The van der Waals surface area contributed by atoms with Crippen molar-refractivity contribution in [2.75, 3.05) is 0 Å². The summed E-state index contributed by atoms with van der Waals surface area (Å²) in [4.78, 5) is 3.98. The lowest BCUT2D eigenvalue weighted by Crippen LogP contribution is -2.12. The third kappa shape index (κ3) is 3.71. The first-order valence-corrected chi connectivity index (χ1v) is 8.28. The quantitative estimate of drug-likeness (QED) is 0.944. The molecule has 0 saturated carbocycles. The molecule has 1 aromatic carbocycles. The average Bonchev–Trinajstić information content (AvgIpc) is 2.70. The lowest BCUT2D eigenvalue weighted by Gasteiger charge is -2.19. The summed E-state index contributed by atoms with van der Waals surface area (Å²) in [6.45, 7) is 8.83. The lowest BCUT2D eigenvalue weighted by atomic mass is 9.87. The van der Waals surface area contributed by atoms with Crippen molar-refractivity contribution >= 4 is 10.0 Å². The fraction of sp³-hybridized carbons (Fsp3) is 0.400. The van der Waals surface area contributed by atoms with Crippen LogP contribution in [0.1, 0.15) is 37.7 Å². The summed E-state index contributed by atoms with van der Waals surface area (Å²) in [6, 6.07) is 8.30. The topological polar surface area (TPSA) is 78.0 Å². The standard InChI is InChI=1S/C15H21N3O2S/c1-11-17-14(21(16,19)20)10-18(11)9-12-5-7-13(8-6-12)15(2,3)4/h5-8,10H,9H2,1-4H3,(H2,16,19,20). The van der Waals surface area contributed by atoms with Crippen LogP contribution >= 0.6 is 0 Å². The van der Waals surface area contributed by atoms with E-state index in [1.807, 2.05) is 0 Å². The van der Waals surface area contributed by atoms with Crippen LogP contribution < -0.4 is 5.14 Å². The number of hydrogen-bond acceptors (Lipinski definition) is 3. The van der Waals surface area contributed by atoms with Crippen molar-refractivity contribution in [2.24, 2.45) is 5.14 Å². The molecule has 2 rings (SSSR count). The van der Waals surface area contributed by atoms with Crippen LogP contribution in [0.4, 0.5) is 0 Å². The minimum Gasteiger partial charge on any atom is -0.329 e. The van der Waals surface area contributed by atoms with Gasteiger partial charge < -0.3 is 4.57 Å². The molecule has 114 valence electrons. The number of rotatable bonds is 3. The Morgan fingerprint density at radius 3 is 2.19 bits per heavy atom. The van der Waals surface area contributed by atoms with Gasteiger partial charge in [-0.25, -0.2) is 18.5 Å². The second-order valence-electron chi connectivity index (χ2n) is 6.25. The third-order valence-corrected chi connectivity index (χ3v) is 4.20. The smallest absolute Gasteiger partial charge is 0.257 e. The SMILES string of the molecule is Cc1nc(S(N)(=O)=O)cn1Cc1ccc(C(C)(C)C)cc1. The van der Waals surface area contributed by atoms with Crippen LogP contribution in [-0.2, 0) is 22.0 Å². The monoisotopic (exact) mass is 307 g/mol. The summed E-state index contributed by atoms with van der Waals surface area (Å²) in [5.41, 5.74) is 2.47. The predicted octanol–water partition coefficient (Wildman–Crippen LogP) is 2.18. The van der Waals surface area contributed by atoms with E-state index in [1.165, 1.54) is 11.8 Å². The van der Waals surface area contributed by atoms with Crippen molar-refractivity contribution in [1.82, 2.24) is 9.55 Å². The summed E-state index contributed by atoms with van der Waals surface area (Å²) in [5.74, 6) is 0.624. The number of hydrogen-bond donors (Lipinski definition) is 1. The van der Waals surface area contributed by atoms with Crippen molar-refractivity contribution in [2.45, 2.75) is 44.7 Å². The molecule has 0 amide bonds. The lowest BCUT2D eigenvalue weighted by molar-refractivity contribution is 0.589. The Morgan fingerprint density at radius 1 is 1.19 bits per heavy atom. The number of primary sulfonamides is 1. The van der Waals surface area contributed by atoms with E-state index in [-0.39, 0.29) is 10.4 Å². The second kappa shape index (κ2) is 5.27. The number of imidazole rings is 1. The Labute approximate surface area is 125 Å². The van der Waals surface area contributed by atoms with Crippen molar-refractivity contribution in [3.8, 4) is 0 Å². The van der Waals surface area contributed by atoms with E-state index in [0.717, 1.165) is 5.56 Å². The molecule has 0 spiro atoms. The molecule has 6 heteroatoms. The van der Waals surface area contributed by atoms with Gasteiger partial charge in [0.2, 0.25) is 0 Å². The number of aryl methyl sites for hydroxylation is 1. The van der Waals surface area contributed by atoms with Crippen LogP contribution in [0.15, 0.2) is 35.5 Å². The molecule has 0 fully saturated rings.